The van der Waals surface area contributed by atoms with Crippen LogP contribution in [0.25, 0.3) is 0 Å². The van der Waals surface area contributed by atoms with E-state index >= 15 is 0 Å². The van der Waals surface area contributed by atoms with Crippen molar-refractivity contribution in [1.82, 2.24) is 0 Å². The van der Waals surface area contributed by atoms with E-state index in [1.54, 1.807) is 24.3 Å². The molecule has 1 rings (SSSR count). The van der Waals surface area contributed by atoms with E-state index in [2.05, 4.69) is 6.92 Å². The van der Waals surface area contributed by atoms with Crippen LogP contribution in [0, 0.1) is 0 Å². The topological polar surface area (TPSA) is 58.9 Å². The predicted octanol–water partition coefficient (Wildman–Crippen LogP) is 1.73. The summed E-state index contributed by atoms with van der Waals surface area (Å²) in [7, 11) is -1.46. The van der Waals surface area contributed by atoms with Gasteiger partial charge in [0.25, 0.3) is 0 Å². The van der Waals surface area contributed by atoms with Gasteiger partial charge in [-0.2, -0.15) is 0 Å². The Balaban J connectivity index is 2.05. The lowest BCUT2D eigenvalue weighted by atomic mass is 9.80. The second kappa shape index (κ2) is 10.7. The molecule has 2 N–H and O–H groups in total. The Kier molecular flexibility index (Phi) is 9.12. The van der Waals surface area contributed by atoms with Crippen LogP contribution in [0.2, 0.25) is 0 Å². The summed E-state index contributed by atoms with van der Waals surface area (Å²) in [4.78, 5) is 0. The first-order chi connectivity index (χ1) is 9.74. The number of ether oxygens (including phenoxy) is 2. The monoisotopic (exact) mass is 280 g/mol. The fourth-order valence-electron chi connectivity index (χ4n) is 1.89. The van der Waals surface area contributed by atoms with E-state index in [-0.39, 0.29) is 0 Å². The minimum absolute atomic E-state index is 0.430. The molecule has 0 amide bonds. The fourth-order valence-corrected chi connectivity index (χ4v) is 1.89. The molecule has 0 aliphatic carbocycles. The molecule has 0 fully saturated rings. The van der Waals surface area contributed by atoms with Gasteiger partial charge in [-0.05, 0) is 24.0 Å². The third-order valence-electron chi connectivity index (χ3n) is 3.04. The van der Waals surface area contributed by atoms with Crippen LogP contribution >= 0.6 is 0 Å². The summed E-state index contributed by atoms with van der Waals surface area (Å²) in [6.45, 7) is 4.01. The van der Waals surface area contributed by atoms with Gasteiger partial charge in [-0.25, -0.2) is 0 Å². The van der Waals surface area contributed by atoms with E-state index in [4.69, 9.17) is 19.5 Å². The summed E-state index contributed by atoms with van der Waals surface area (Å²) in [6.07, 6.45) is 6.18. The molecule has 0 saturated carbocycles. The number of unbranched alkanes of at least 4 members (excludes halogenated alkanes) is 4. The molecule has 0 spiro atoms. The van der Waals surface area contributed by atoms with Gasteiger partial charge < -0.3 is 19.5 Å². The van der Waals surface area contributed by atoms with Crippen LogP contribution in [0.15, 0.2) is 24.3 Å². The largest absolute Gasteiger partial charge is 0.491 e. The standard InChI is InChI=1S/C15H25BO4/c1-2-3-4-5-6-10-19-11-12-20-15-9-7-8-14(13-15)16(17)18/h7-9,13,17-18H,2-6,10-12H2,1H3. The SMILES string of the molecule is CCCCCCCOCCOc1cccc(B(O)O)c1. The maximum atomic E-state index is 9.05. The third kappa shape index (κ3) is 7.53. The third-order valence-corrected chi connectivity index (χ3v) is 3.04. The quantitative estimate of drug-likeness (QED) is 0.479. The Labute approximate surface area is 121 Å². The van der Waals surface area contributed by atoms with Crippen molar-refractivity contribution < 1.29 is 19.5 Å². The van der Waals surface area contributed by atoms with Crippen molar-refractivity contribution in [2.24, 2.45) is 0 Å². The lowest BCUT2D eigenvalue weighted by Crippen LogP contribution is -2.29. The van der Waals surface area contributed by atoms with Gasteiger partial charge >= 0.3 is 7.12 Å². The van der Waals surface area contributed by atoms with Crippen molar-refractivity contribution in [2.75, 3.05) is 19.8 Å². The molecule has 0 aromatic heterocycles. The Hall–Kier alpha value is -1.04. The molecule has 0 aliphatic heterocycles. The summed E-state index contributed by atoms with van der Waals surface area (Å²) in [5, 5.41) is 18.1. The first kappa shape index (κ1) is 17.0. The van der Waals surface area contributed by atoms with Gasteiger partial charge in [0.05, 0.1) is 6.61 Å². The Morgan fingerprint density at radius 2 is 1.80 bits per heavy atom. The molecule has 0 unspecified atom stereocenters. The van der Waals surface area contributed by atoms with Gasteiger partial charge in [0.1, 0.15) is 12.4 Å². The van der Waals surface area contributed by atoms with Gasteiger partial charge in [0.2, 0.25) is 0 Å². The minimum atomic E-state index is -1.46. The molecule has 0 atom stereocenters. The van der Waals surface area contributed by atoms with Crippen molar-refractivity contribution in [3.8, 4) is 5.75 Å². The van der Waals surface area contributed by atoms with Crippen LogP contribution in [0.3, 0.4) is 0 Å². The Morgan fingerprint density at radius 1 is 1.00 bits per heavy atom. The molecule has 0 radical (unpaired) electrons. The highest BCUT2D eigenvalue weighted by Crippen LogP contribution is 2.07. The lowest BCUT2D eigenvalue weighted by molar-refractivity contribution is 0.0971. The van der Waals surface area contributed by atoms with Gasteiger partial charge in [-0.15, -0.1) is 0 Å². The van der Waals surface area contributed by atoms with Crippen molar-refractivity contribution >= 4 is 12.6 Å². The van der Waals surface area contributed by atoms with E-state index < -0.39 is 7.12 Å². The van der Waals surface area contributed by atoms with Crippen molar-refractivity contribution in [1.29, 1.82) is 0 Å². The van der Waals surface area contributed by atoms with Crippen LogP contribution in [-0.2, 0) is 4.74 Å². The summed E-state index contributed by atoms with van der Waals surface area (Å²) in [5.41, 5.74) is 0.430. The van der Waals surface area contributed by atoms with Crippen molar-refractivity contribution in [3.05, 3.63) is 24.3 Å². The average molecular weight is 280 g/mol. The van der Waals surface area contributed by atoms with Gasteiger partial charge in [0.15, 0.2) is 0 Å². The van der Waals surface area contributed by atoms with E-state index in [9.17, 15) is 0 Å². The summed E-state index contributed by atoms with van der Waals surface area (Å²) >= 11 is 0. The summed E-state index contributed by atoms with van der Waals surface area (Å²) in [5.74, 6) is 0.627. The zero-order chi connectivity index (χ0) is 14.6. The smallest absolute Gasteiger partial charge is 0.488 e. The van der Waals surface area contributed by atoms with Crippen LogP contribution in [0.4, 0.5) is 0 Å². The number of hydrogen-bond acceptors (Lipinski definition) is 4. The molecule has 112 valence electrons. The molecule has 0 bridgehead atoms. The normalized spacial score (nSPS) is 10.6. The summed E-state index contributed by atoms with van der Waals surface area (Å²) in [6, 6.07) is 6.79. The molecular weight excluding hydrogens is 255 g/mol. The highest BCUT2D eigenvalue weighted by Gasteiger charge is 2.10. The first-order valence-corrected chi connectivity index (χ1v) is 7.40. The maximum absolute atomic E-state index is 9.05. The van der Waals surface area contributed by atoms with Crippen LogP contribution < -0.4 is 10.2 Å². The molecule has 0 saturated heterocycles. The number of benzene rings is 1. The van der Waals surface area contributed by atoms with Crippen LogP contribution in [0.5, 0.6) is 5.75 Å². The predicted molar refractivity (Wildman–Crippen MR) is 81.3 cm³/mol. The van der Waals surface area contributed by atoms with Crippen molar-refractivity contribution in [2.45, 2.75) is 39.0 Å². The number of rotatable bonds is 11. The molecule has 0 aliphatic rings. The fraction of sp³-hybridized carbons (Fsp3) is 0.600. The van der Waals surface area contributed by atoms with Crippen LogP contribution in [0.1, 0.15) is 39.0 Å². The second-order valence-corrected chi connectivity index (χ2v) is 4.82. The van der Waals surface area contributed by atoms with E-state index in [0.717, 1.165) is 13.0 Å². The molecule has 4 nitrogen and oxygen atoms in total. The van der Waals surface area contributed by atoms with Crippen LogP contribution in [-0.4, -0.2) is 37.0 Å². The average Bonchev–Trinajstić information content (AvgIpc) is 2.46. The molecule has 1 aromatic carbocycles. The second-order valence-electron chi connectivity index (χ2n) is 4.82. The highest BCUT2D eigenvalue weighted by atomic mass is 16.5. The van der Waals surface area contributed by atoms with Crippen molar-refractivity contribution in [3.63, 3.8) is 0 Å². The first-order valence-electron chi connectivity index (χ1n) is 7.40. The van der Waals surface area contributed by atoms with E-state index in [1.807, 2.05) is 0 Å². The summed E-state index contributed by atoms with van der Waals surface area (Å²) < 4.78 is 11.0. The molecule has 5 heteroatoms. The van der Waals surface area contributed by atoms with Gasteiger partial charge in [-0.3, -0.25) is 0 Å². The lowest BCUT2D eigenvalue weighted by Gasteiger charge is -2.08. The van der Waals surface area contributed by atoms with E-state index in [0.29, 0.717) is 24.4 Å². The zero-order valence-electron chi connectivity index (χ0n) is 12.3. The van der Waals surface area contributed by atoms with E-state index in [1.165, 1.54) is 25.7 Å². The minimum Gasteiger partial charge on any atom is -0.491 e. The van der Waals surface area contributed by atoms with Gasteiger partial charge in [0, 0.05) is 6.61 Å². The molecule has 0 heterocycles. The highest BCUT2D eigenvalue weighted by molar-refractivity contribution is 6.58. The Bertz CT molecular complexity index is 357. The molecule has 1 aromatic rings. The zero-order valence-corrected chi connectivity index (χ0v) is 12.3. The number of hydrogen-bond donors (Lipinski definition) is 2. The van der Waals surface area contributed by atoms with Gasteiger partial charge in [-0.1, -0.05) is 44.7 Å². The Morgan fingerprint density at radius 3 is 2.55 bits per heavy atom. The molecular formula is C15H25BO4. The molecule has 20 heavy (non-hydrogen) atoms. The maximum Gasteiger partial charge on any atom is 0.488 e.